The molecule has 2 aromatic rings. The molecule has 196 valence electrons. The number of benzene rings is 2. The molecule has 0 saturated heterocycles. The maximum atomic E-state index is 13.0. The van der Waals surface area contributed by atoms with Gasteiger partial charge in [0.15, 0.2) is 0 Å². The molecule has 2 atom stereocenters. The number of ether oxygens (including phenoxy) is 6. The lowest BCUT2D eigenvalue weighted by Gasteiger charge is -2.27. The molecule has 0 saturated carbocycles. The quantitative estimate of drug-likeness (QED) is 0.270. The first kappa shape index (κ1) is 28.7. The van der Waals surface area contributed by atoms with Crippen molar-refractivity contribution in [2.75, 3.05) is 48.6 Å². The van der Waals surface area contributed by atoms with Gasteiger partial charge in [0.05, 0.1) is 40.1 Å². The molecule has 2 aromatic carbocycles. The fourth-order valence-electron chi connectivity index (χ4n) is 3.16. The smallest absolute Gasteiger partial charge is 0.338 e. The highest BCUT2D eigenvalue weighted by Gasteiger charge is 2.28. The van der Waals surface area contributed by atoms with Gasteiger partial charge in [-0.1, -0.05) is 18.2 Å². The van der Waals surface area contributed by atoms with Crippen molar-refractivity contribution in [3.63, 3.8) is 0 Å². The second-order valence-corrected chi connectivity index (χ2v) is 8.07. The Morgan fingerprint density at radius 2 is 1.53 bits per heavy atom. The van der Waals surface area contributed by atoms with Gasteiger partial charge in [-0.05, 0) is 29.8 Å². The third-order valence-electron chi connectivity index (χ3n) is 5.29. The summed E-state index contributed by atoms with van der Waals surface area (Å²) in [6.45, 7) is 3.96. The first-order valence-corrected chi connectivity index (χ1v) is 11.4. The first-order valence-electron chi connectivity index (χ1n) is 11.4. The van der Waals surface area contributed by atoms with Crippen LogP contribution in [0.2, 0.25) is 0 Å². The van der Waals surface area contributed by atoms with E-state index in [2.05, 4.69) is 6.58 Å². The van der Waals surface area contributed by atoms with Crippen molar-refractivity contribution in [1.29, 1.82) is 0 Å². The molecule has 0 bridgehead atoms. The van der Waals surface area contributed by atoms with E-state index < -0.39 is 18.2 Å². The Morgan fingerprint density at radius 1 is 0.917 bits per heavy atom. The maximum Gasteiger partial charge on any atom is 0.338 e. The van der Waals surface area contributed by atoms with Crippen LogP contribution in [-0.2, 0) is 25.6 Å². The fraction of sp³-hybridized carbons (Fsp3) is 0.407. The molecule has 0 aliphatic rings. The summed E-state index contributed by atoms with van der Waals surface area (Å²) in [6, 6.07) is 12.2. The number of esters is 1. The minimum Gasteiger partial charge on any atom is -0.497 e. The summed E-state index contributed by atoms with van der Waals surface area (Å²) in [4.78, 5) is 26.6. The molecule has 0 radical (unpaired) electrons. The molecule has 0 heterocycles. The lowest BCUT2D eigenvalue weighted by Crippen LogP contribution is -2.39. The number of nitrogens with zero attached hydrogens (tertiary/aromatic N) is 1. The number of rotatable bonds is 15. The van der Waals surface area contributed by atoms with Gasteiger partial charge in [-0.3, -0.25) is 4.79 Å². The predicted octanol–water partition coefficient (Wildman–Crippen LogP) is 3.50. The summed E-state index contributed by atoms with van der Waals surface area (Å²) < 4.78 is 33.2. The van der Waals surface area contributed by atoms with Crippen molar-refractivity contribution < 1.29 is 38.0 Å². The zero-order chi connectivity index (χ0) is 26.5. The Morgan fingerprint density at radius 3 is 2.06 bits per heavy atom. The highest BCUT2D eigenvalue weighted by atomic mass is 16.6. The van der Waals surface area contributed by atoms with E-state index in [0.29, 0.717) is 24.5 Å². The van der Waals surface area contributed by atoms with E-state index in [-0.39, 0.29) is 24.7 Å². The molecule has 0 unspecified atom stereocenters. The minimum atomic E-state index is -0.752. The van der Waals surface area contributed by atoms with Crippen molar-refractivity contribution in [1.82, 2.24) is 4.90 Å². The number of hydrogen-bond acceptors (Lipinski definition) is 8. The van der Waals surface area contributed by atoms with Crippen molar-refractivity contribution in [3.05, 3.63) is 66.2 Å². The number of amides is 1. The van der Waals surface area contributed by atoms with E-state index >= 15 is 0 Å². The van der Waals surface area contributed by atoms with Crippen LogP contribution in [0.15, 0.2) is 55.1 Å². The normalized spacial score (nSPS) is 12.2. The van der Waals surface area contributed by atoms with Gasteiger partial charge in [-0.25, -0.2) is 4.79 Å². The van der Waals surface area contributed by atoms with Gasteiger partial charge in [0.2, 0.25) is 5.91 Å². The van der Waals surface area contributed by atoms with Crippen LogP contribution in [0.25, 0.3) is 0 Å². The fourth-order valence-corrected chi connectivity index (χ4v) is 3.16. The maximum absolute atomic E-state index is 13.0. The lowest BCUT2D eigenvalue weighted by molar-refractivity contribution is -0.142. The molecule has 2 rings (SSSR count). The molecule has 9 heteroatoms. The Hall–Kier alpha value is -3.56. The van der Waals surface area contributed by atoms with Crippen molar-refractivity contribution in [3.8, 4) is 17.2 Å². The molecule has 0 aromatic heterocycles. The first-order chi connectivity index (χ1) is 17.3. The summed E-state index contributed by atoms with van der Waals surface area (Å²) in [5.74, 6) is 0.829. The zero-order valence-corrected chi connectivity index (χ0v) is 21.5. The third kappa shape index (κ3) is 8.90. The van der Waals surface area contributed by atoms with Crippen LogP contribution in [-0.4, -0.2) is 77.6 Å². The average molecular weight is 502 g/mol. The molecular formula is C27H35NO8. The van der Waals surface area contributed by atoms with E-state index in [1.54, 1.807) is 45.5 Å². The van der Waals surface area contributed by atoms with Gasteiger partial charge >= 0.3 is 5.97 Å². The van der Waals surface area contributed by atoms with Gasteiger partial charge in [0.1, 0.15) is 36.1 Å². The number of likely N-dealkylation sites (N-methyl/N-ethyl adjacent to an activating group) is 1. The van der Waals surface area contributed by atoms with Crippen molar-refractivity contribution in [2.45, 2.75) is 25.2 Å². The number of methoxy groups -OCH3 is 3. The van der Waals surface area contributed by atoms with Gasteiger partial charge in [0, 0.05) is 26.6 Å². The van der Waals surface area contributed by atoms with E-state index in [9.17, 15) is 9.59 Å². The standard InChI is InChI=1S/C27H35NO8/c1-7-8-24(36-27(30)20-13-22(32-5)15-23(14-20)33-6)25(35-18-26(29)28(2)3)17-34-16-19-9-11-21(31-4)12-10-19/h7,9-15,24-25H,1,8,16-18H2,2-6H3/t24-,25+/m0/s1. The number of carbonyl (C=O) groups excluding carboxylic acids is 2. The van der Waals surface area contributed by atoms with Crippen LogP contribution in [0.1, 0.15) is 22.3 Å². The Kier molecular flexibility index (Phi) is 11.7. The summed E-state index contributed by atoms with van der Waals surface area (Å²) in [6.07, 6.45) is 0.441. The van der Waals surface area contributed by atoms with E-state index in [0.717, 1.165) is 11.3 Å². The summed E-state index contributed by atoms with van der Waals surface area (Å²) in [5, 5.41) is 0. The van der Waals surface area contributed by atoms with Crippen molar-refractivity contribution >= 4 is 11.9 Å². The molecule has 0 N–H and O–H groups in total. The van der Waals surface area contributed by atoms with E-state index in [1.165, 1.54) is 19.1 Å². The monoisotopic (exact) mass is 501 g/mol. The minimum absolute atomic E-state index is 0.0833. The van der Waals surface area contributed by atoms with E-state index in [1.807, 2.05) is 24.3 Å². The number of hydrogen-bond donors (Lipinski definition) is 0. The van der Waals surface area contributed by atoms with Crippen LogP contribution in [0.4, 0.5) is 0 Å². The molecule has 0 spiro atoms. The summed E-state index contributed by atoms with van der Waals surface area (Å²) in [7, 11) is 7.87. The summed E-state index contributed by atoms with van der Waals surface area (Å²) >= 11 is 0. The second kappa shape index (κ2) is 14.8. The highest BCUT2D eigenvalue weighted by molar-refractivity contribution is 5.90. The summed E-state index contributed by atoms with van der Waals surface area (Å²) in [5.41, 5.74) is 1.18. The zero-order valence-electron chi connectivity index (χ0n) is 21.5. The predicted molar refractivity (Wildman–Crippen MR) is 135 cm³/mol. The van der Waals surface area contributed by atoms with E-state index in [4.69, 9.17) is 28.4 Å². The van der Waals surface area contributed by atoms with Gasteiger partial charge < -0.3 is 33.3 Å². The number of carbonyl (C=O) groups is 2. The highest BCUT2D eigenvalue weighted by Crippen LogP contribution is 2.24. The molecule has 0 fully saturated rings. The van der Waals surface area contributed by atoms with Gasteiger partial charge in [-0.15, -0.1) is 6.58 Å². The van der Waals surface area contributed by atoms with Crippen LogP contribution in [0, 0.1) is 0 Å². The molecule has 36 heavy (non-hydrogen) atoms. The second-order valence-electron chi connectivity index (χ2n) is 8.07. The van der Waals surface area contributed by atoms with Crippen molar-refractivity contribution in [2.24, 2.45) is 0 Å². The molecular weight excluding hydrogens is 466 g/mol. The van der Waals surface area contributed by atoms with Crippen LogP contribution < -0.4 is 14.2 Å². The largest absolute Gasteiger partial charge is 0.497 e. The SMILES string of the molecule is C=CC[C@H](OC(=O)c1cc(OC)cc(OC)c1)[C@@H](COCc1ccc(OC)cc1)OCC(=O)N(C)C. The van der Waals surface area contributed by atoms with Crippen LogP contribution >= 0.6 is 0 Å². The van der Waals surface area contributed by atoms with Crippen LogP contribution in [0.5, 0.6) is 17.2 Å². The molecule has 1 amide bonds. The lowest BCUT2D eigenvalue weighted by atomic mass is 10.1. The van der Waals surface area contributed by atoms with Crippen LogP contribution in [0.3, 0.4) is 0 Å². The average Bonchev–Trinajstić information content (AvgIpc) is 2.89. The Bertz CT molecular complexity index is 968. The third-order valence-corrected chi connectivity index (χ3v) is 5.29. The Labute approximate surface area is 212 Å². The Balaban J connectivity index is 2.17. The van der Waals surface area contributed by atoms with Gasteiger partial charge in [-0.2, -0.15) is 0 Å². The van der Waals surface area contributed by atoms with Gasteiger partial charge in [0.25, 0.3) is 0 Å². The molecule has 0 aliphatic heterocycles. The molecule has 9 nitrogen and oxygen atoms in total. The molecule has 0 aliphatic carbocycles. The topological polar surface area (TPSA) is 92.8 Å².